The second-order valence-electron chi connectivity index (χ2n) is 7.44. The quantitative estimate of drug-likeness (QED) is 0.899. The maximum atomic E-state index is 11.6. The third kappa shape index (κ3) is 2.58. The van der Waals surface area contributed by atoms with Crippen LogP contribution in [0.5, 0.6) is 5.75 Å². The van der Waals surface area contributed by atoms with Gasteiger partial charge in [-0.3, -0.25) is 0 Å². The van der Waals surface area contributed by atoms with Crippen LogP contribution < -0.4 is 0 Å². The fraction of sp³-hybridized carbons (Fsp3) is 0.667. The molecule has 21 heavy (non-hydrogen) atoms. The molecule has 0 heterocycles. The lowest BCUT2D eigenvalue weighted by atomic mass is 9.65. The van der Waals surface area contributed by atoms with Gasteiger partial charge in [-0.05, 0) is 75.4 Å². The number of phenolic OH excluding ortho intramolecular Hbond substituents is 1. The van der Waals surface area contributed by atoms with Crippen molar-refractivity contribution in [2.24, 2.45) is 17.8 Å². The number of aliphatic hydroxyl groups is 1. The van der Waals surface area contributed by atoms with Crippen molar-refractivity contribution in [3.63, 3.8) is 0 Å². The summed E-state index contributed by atoms with van der Waals surface area (Å²) in [4.78, 5) is 2.19. The van der Waals surface area contributed by atoms with E-state index in [0.717, 1.165) is 24.1 Å². The number of rotatable bonds is 3. The number of aromatic hydroxyl groups is 1. The van der Waals surface area contributed by atoms with Gasteiger partial charge in [0, 0.05) is 12.5 Å². The molecule has 2 fully saturated rings. The van der Waals surface area contributed by atoms with Gasteiger partial charge in [0.25, 0.3) is 0 Å². The predicted molar refractivity (Wildman–Crippen MR) is 84.2 cm³/mol. The smallest absolute Gasteiger partial charge is 0.115 e. The lowest BCUT2D eigenvalue weighted by Crippen LogP contribution is -2.47. The highest BCUT2D eigenvalue weighted by atomic mass is 16.3. The topological polar surface area (TPSA) is 43.7 Å². The van der Waals surface area contributed by atoms with Gasteiger partial charge in [-0.2, -0.15) is 0 Å². The minimum absolute atomic E-state index is 0.255. The summed E-state index contributed by atoms with van der Waals surface area (Å²) in [6.45, 7) is 2.94. The Morgan fingerprint density at radius 1 is 1.29 bits per heavy atom. The van der Waals surface area contributed by atoms with Crippen molar-refractivity contribution in [1.29, 1.82) is 0 Å². The van der Waals surface area contributed by atoms with Crippen molar-refractivity contribution in [3.8, 4) is 5.75 Å². The summed E-state index contributed by atoms with van der Waals surface area (Å²) in [5.74, 6) is 1.76. The normalized spacial score (nSPS) is 35.4. The molecule has 3 heteroatoms. The van der Waals surface area contributed by atoms with Crippen LogP contribution >= 0.6 is 0 Å². The van der Waals surface area contributed by atoms with Crippen molar-refractivity contribution in [1.82, 2.24) is 4.90 Å². The van der Waals surface area contributed by atoms with E-state index >= 15 is 0 Å². The molecule has 0 amide bonds. The first kappa shape index (κ1) is 14.9. The van der Waals surface area contributed by atoms with Crippen LogP contribution in [0.4, 0.5) is 0 Å². The summed E-state index contributed by atoms with van der Waals surface area (Å²) in [5, 5.41) is 21.5. The maximum Gasteiger partial charge on any atom is 0.115 e. The fourth-order valence-corrected chi connectivity index (χ4v) is 4.73. The standard InChI is InChI=1S/C18H27NO2/c1-12-4-7-15(20)9-16(12)18(21)10-13-5-6-14(8-13)17(18)11-19(2)3/h4,7,9,13-14,17,20-21H,5-6,8,10-11H2,1-3H3/t13-,14+,17+,18+/m1/s1. The average Bonchev–Trinajstić information content (AvgIpc) is 2.81. The van der Waals surface area contributed by atoms with Crippen molar-refractivity contribution >= 4 is 0 Å². The summed E-state index contributed by atoms with van der Waals surface area (Å²) in [7, 11) is 4.16. The minimum atomic E-state index is -0.794. The number of aryl methyl sites for hydroxylation is 1. The molecule has 3 rings (SSSR count). The summed E-state index contributed by atoms with van der Waals surface area (Å²) in [5.41, 5.74) is 1.23. The highest BCUT2D eigenvalue weighted by Gasteiger charge is 2.51. The maximum absolute atomic E-state index is 11.6. The lowest BCUT2D eigenvalue weighted by Gasteiger charge is -2.46. The van der Waals surface area contributed by atoms with E-state index < -0.39 is 5.60 Å². The van der Waals surface area contributed by atoms with Gasteiger partial charge in [-0.25, -0.2) is 0 Å². The zero-order valence-corrected chi connectivity index (χ0v) is 13.3. The molecular weight excluding hydrogens is 262 g/mol. The van der Waals surface area contributed by atoms with Crippen LogP contribution in [0.25, 0.3) is 0 Å². The zero-order valence-electron chi connectivity index (χ0n) is 13.3. The van der Waals surface area contributed by atoms with E-state index in [2.05, 4.69) is 19.0 Å². The molecule has 0 radical (unpaired) electrons. The van der Waals surface area contributed by atoms with Gasteiger partial charge < -0.3 is 15.1 Å². The van der Waals surface area contributed by atoms with Gasteiger partial charge in [-0.1, -0.05) is 12.5 Å². The van der Waals surface area contributed by atoms with Gasteiger partial charge >= 0.3 is 0 Å². The van der Waals surface area contributed by atoms with Crippen molar-refractivity contribution in [2.45, 2.75) is 38.2 Å². The Morgan fingerprint density at radius 3 is 2.76 bits per heavy atom. The average molecular weight is 289 g/mol. The first-order valence-electron chi connectivity index (χ1n) is 8.07. The Kier molecular flexibility index (Phi) is 3.74. The van der Waals surface area contributed by atoms with E-state index in [0.29, 0.717) is 11.8 Å². The third-order valence-corrected chi connectivity index (χ3v) is 5.61. The number of benzene rings is 1. The van der Waals surface area contributed by atoms with Crippen LogP contribution in [0.1, 0.15) is 36.8 Å². The van der Waals surface area contributed by atoms with Crippen LogP contribution in [-0.4, -0.2) is 35.8 Å². The zero-order chi connectivity index (χ0) is 15.2. The molecule has 1 aromatic carbocycles. The summed E-state index contributed by atoms with van der Waals surface area (Å²) in [6.07, 6.45) is 4.59. The molecule has 0 spiro atoms. The van der Waals surface area contributed by atoms with Gasteiger partial charge in [0.1, 0.15) is 5.75 Å². The van der Waals surface area contributed by atoms with Gasteiger partial charge in [0.2, 0.25) is 0 Å². The van der Waals surface area contributed by atoms with Crippen LogP contribution in [0, 0.1) is 24.7 Å². The monoisotopic (exact) mass is 289 g/mol. The molecule has 0 saturated heterocycles. The second-order valence-corrected chi connectivity index (χ2v) is 7.44. The fourth-order valence-electron chi connectivity index (χ4n) is 4.73. The minimum Gasteiger partial charge on any atom is -0.508 e. The molecule has 1 aromatic rings. The molecule has 2 N–H and O–H groups in total. The molecule has 2 aliphatic rings. The van der Waals surface area contributed by atoms with Gasteiger partial charge in [0.05, 0.1) is 5.60 Å². The number of hydrogen-bond acceptors (Lipinski definition) is 3. The highest BCUT2D eigenvalue weighted by Crippen LogP contribution is 2.55. The van der Waals surface area contributed by atoms with E-state index in [4.69, 9.17) is 0 Å². The first-order chi connectivity index (χ1) is 9.90. The Hall–Kier alpha value is -1.06. The number of hydrogen-bond donors (Lipinski definition) is 2. The predicted octanol–water partition coefficient (Wildman–Crippen LogP) is 2.89. The summed E-state index contributed by atoms with van der Waals surface area (Å²) in [6, 6.07) is 5.41. The van der Waals surface area contributed by atoms with E-state index in [1.54, 1.807) is 12.1 Å². The van der Waals surface area contributed by atoms with Gasteiger partial charge in [-0.15, -0.1) is 0 Å². The molecule has 0 unspecified atom stereocenters. The Labute approximate surface area is 127 Å². The molecule has 4 atom stereocenters. The molecule has 2 saturated carbocycles. The molecule has 2 bridgehead atoms. The van der Waals surface area contributed by atoms with E-state index in [1.165, 1.54) is 19.3 Å². The SMILES string of the molecule is Cc1ccc(O)cc1[C@@]1(O)C[C@@H]2CC[C@@H](C2)[C@@H]1CN(C)C. The molecule has 3 nitrogen and oxygen atoms in total. The number of nitrogens with zero attached hydrogens (tertiary/aromatic N) is 1. The Balaban J connectivity index is 2.04. The van der Waals surface area contributed by atoms with Crippen molar-refractivity contribution in [3.05, 3.63) is 29.3 Å². The Morgan fingerprint density at radius 2 is 2.05 bits per heavy atom. The molecular formula is C18H27NO2. The van der Waals surface area contributed by atoms with E-state index in [9.17, 15) is 10.2 Å². The van der Waals surface area contributed by atoms with Crippen molar-refractivity contribution in [2.75, 3.05) is 20.6 Å². The van der Waals surface area contributed by atoms with Crippen molar-refractivity contribution < 1.29 is 10.2 Å². The summed E-state index contributed by atoms with van der Waals surface area (Å²) >= 11 is 0. The number of phenols is 1. The molecule has 2 aliphatic carbocycles. The second kappa shape index (κ2) is 5.29. The molecule has 0 aromatic heterocycles. The van der Waals surface area contributed by atoms with Crippen LogP contribution in [0.3, 0.4) is 0 Å². The van der Waals surface area contributed by atoms with E-state index in [-0.39, 0.29) is 11.7 Å². The molecule has 0 aliphatic heterocycles. The van der Waals surface area contributed by atoms with Crippen LogP contribution in [-0.2, 0) is 5.60 Å². The number of fused-ring (bicyclic) bond motifs is 2. The largest absolute Gasteiger partial charge is 0.508 e. The lowest BCUT2D eigenvalue weighted by molar-refractivity contribution is -0.0896. The summed E-state index contributed by atoms with van der Waals surface area (Å²) < 4.78 is 0. The third-order valence-electron chi connectivity index (χ3n) is 5.61. The first-order valence-corrected chi connectivity index (χ1v) is 8.07. The Bertz CT molecular complexity index is 528. The van der Waals surface area contributed by atoms with Crippen LogP contribution in [0.2, 0.25) is 0 Å². The van der Waals surface area contributed by atoms with Crippen LogP contribution in [0.15, 0.2) is 18.2 Å². The molecule has 116 valence electrons. The van der Waals surface area contributed by atoms with E-state index in [1.807, 2.05) is 13.0 Å². The van der Waals surface area contributed by atoms with Gasteiger partial charge in [0.15, 0.2) is 0 Å². The highest BCUT2D eigenvalue weighted by molar-refractivity contribution is 5.39.